The monoisotopic (exact) mass is 468 g/mol. The number of benzene rings is 2. The van der Waals surface area contributed by atoms with Crippen molar-refractivity contribution in [1.82, 2.24) is 9.97 Å². The standard InChI is InChI=1S/C23H21ClN4O3S/c1-12-3-6-14(7-4-12)11-32-23-27-20-19(22(31)28-23)16(10-18(29)26-20)21(30)25-17-9-15(24)8-5-13(17)2/h3-9,16H,10-11H2,1-2H3,(H,25,30)(H2,26,27,28,29,31)/t16-/m0/s1. The highest BCUT2D eigenvalue weighted by molar-refractivity contribution is 7.98. The zero-order valence-electron chi connectivity index (χ0n) is 17.5. The first-order valence-electron chi connectivity index (χ1n) is 9.99. The zero-order chi connectivity index (χ0) is 22.8. The van der Waals surface area contributed by atoms with Crippen molar-refractivity contribution < 1.29 is 9.59 Å². The van der Waals surface area contributed by atoms with E-state index in [-0.39, 0.29) is 23.7 Å². The van der Waals surface area contributed by atoms with E-state index in [0.29, 0.717) is 21.6 Å². The summed E-state index contributed by atoms with van der Waals surface area (Å²) in [5.41, 5.74) is 3.31. The summed E-state index contributed by atoms with van der Waals surface area (Å²) in [4.78, 5) is 45.3. The fourth-order valence-electron chi connectivity index (χ4n) is 3.43. The van der Waals surface area contributed by atoms with Crippen molar-refractivity contribution in [3.63, 3.8) is 0 Å². The number of H-pyrrole nitrogens is 1. The van der Waals surface area contributed by atoms with Crippen molar-refractivity contribution >= 4 is 46.7 Å². The number of nitrogens with zero attached hydrogens (tertiary/aromatic N) is 1. The minimum Gasteiger partial charge on any atom is -0.325 e. The molecular weight excluding hydrogens is 448 g/mol. The molecule has 0 bridgehead atoms. The highest BCUT2D eigenvalue weighted by Gasteiger charge is 2.35. The van der Waals surface area contributed by atoms with Gasteiger partial charge in [-0.2, -0.15) is 0 Å². The fraction of sp³-hybridized carbons (Fsp3) is 0.217. The second kappa shape index (κ2) is 9.18. The average molecular weight is 469 g/mol. The Morgan fingerprint density at radius 2 is 1.94 bits per heavy atom. The van der Waals surface area contributed by atoms with E-state index >= 15 is 0 Å². The first-order chi connectivity index (χ1) is 15.3. The average Bonchev–Trinajstić information content (AvgIpc) is 2.75. The normalized spacial score (nSPS) is 15.1. The quantitative estimate of drug-likeness (QED) is 0.380. The van der Waals surface area contributed by atoms with Crippen LogP contribution in [0.1, 0.15) is 34.6 Å². The van der Waals surface area contributed by atoms with Crippen LogP contribution in [0.2, 0.25) is 5.02 Å². The smallest absolute Gasteiger partial charge is 0.257 e. The van der Waals surface area contributed by atoms with Crippen LogP contribution in [0.3, 0.4) is 0 Å². The molecule has 164 valence electrons. The molecular formula is C23H21ClN4O3S. The van der Waals surface area contributed by atoms with Crippen LogP contribution in [0.25, 0.3) is 0 Å². The molecule has 1 atom stereocenters. The van der Waals surface area contributed by atoms with Gasteiger partial charge in [-0.25, -0.2) is 4.98 Å². The van der Waals surface area contributed by atoms with E-state index in [2.05, 4.69) is 20.6 Å². The number of amides is 2. The van der Waals surface area contributed by atoms with E-state index in [1.807, 2.05) is 38.1 Å². The number of aromatic amines is 1. The lowest BCUT2D eigenvalue weighted by molar-refractivity contribution is -0.123. The Bertz CT molecular complexity index is 1260. The molecule has 32 heavy (non-hydrogen) atoms. The lowest BCUT2D eigenvalue weighted by Gasteiger charge is -2.24. The summed E-state index contributed by atoms with van der Waals surface area (Å²) < 4.78 is 0. The van der Waals surface area contributed by atoms with Crippen molar-refractivity contribution in [2.45, 2.75) is 37.1 Å². The van der Waals surface area contributed by atoms with Crippen molar-refractivity contribution in [3.05, 3.63) is 80.1 Å². The number of fused-ring (bicyclic) bond motifs is 1. The Hall–Kier alpha value is -3.10. The van der Waals surface area contributed by atoms with Gasteiger partial charge in [0.25, 0.3) is 5.56 Å². The van der Waals surface area contributed by atoms with Gasteiger partial charge >= 0.3 is 0 Å². The molecule has 0 radical (unpaired) electrons. The van der Waals surface area contributed by atoms with E-state index in [1.165, 1.54) is 17.3 Å². The molecule has 1 aliphatic rings. The third-order valence-electron chi connectivity index (χ3n) is 5.20. The molecule has 1 aliphatic heterocycles. The maximum atomic E-state index is 13.0. The number of halogens is 1. The molecule has 0 saturated carbocycles. The Labute approximate surface area is 194 Å². The third-order valence-corrected chi connectivity index (χ3v) is 6.38. The molecule has 1 aromatic heterocycles. The Balaban J connectivity index is 1.58. The van der Waals surface area contributed by atoms with Gasteiger partial charge in [0.1, 0.15) is 5.82 Å². The number of nitrogens with one attached hydrogen (secondary N) is 3. The molecule has 0 saturated heterocycles. The number of thioether (sulfide) groups is 1. The molecule has 4 rings (SSSR count). The summed E-state index contributed by atoms with van der Waals surface area (Å²) in [6, 6.07) is 13.2. The van der Waals surface area contributed by atoms with E-state index in [4.69, 9.17) is 11.6 Å². The van der Waals surface area contributed by atoms with Crippen LogP contribution >= 0.6 is 23.4 Å². The van der Waals surface area contributed by atoms with E-state index in [0.717, 1.165) is 11.1 Å². The molecule has 3 aromatic rings. The second-order valence-corrected chi connectivity index (χ2v) is 9.06. The number of carbonyl (C=O) groups excluding carboxylic acids is 2. The van der Waals surface area contributed by atoms with Crippen LogP contribution in [-0.2, 0) is 15.3 Å². The second-order valence-electron chi connectivity index (χ2n) is 7.66. The predicted octanol–water partition coefficient (Wildman–Crippen LogP) is 4.40. The number of aromatic nitrogens is 2. The molecule has 0 spiro atoms. The third kappa shape index (κ3) is 4.87. The van der Waals surface area contributed by atoms with Gasteiger partial charge in [-0.1, -0.05) is 59.3 Å². The molecule has 0 fully saturated rings. The van der Waals surface area contributed by atoms with Crippen molar-refractivity contribution in [1.29, 1.82) is 0 Å². The zero-order valence-corrected chi connectivity index (χ0v) is 19.1. The SMILES string of the molecule is Cc1ccc(CSc2nc3c(c(=O)[nH]2)[C@@H](C(=O)Nc2cc(Cl)ccc2C)CC(=O)N3)cc1. The van der Waals surface area contributed by atoms with Gasteiger partial charge in [-0.3, -0.25) is 14.4 Å². The summed E-state index contributed by atoms with van der Waals surface area (Å²) >= 11 is 7.38. The van der Waals surface area contributed by atoms with Gasteiger partial charge < -0.3 is 15.6 Å². The maximum absolute atomic E-state index is 13.0. The van der Waals surface area contributed by atoms with Gasteiger partial charge in [0.15, 0.2) is 5.16 Å². The van der Waals surface area contributed by atoms with Gasteiger partial charge in [0, 0.05) is 22.9 Å². The van der Waals surface area contributed by atoms with Crippen molar-refractivity contribution in [2.75, 3.05) is 10.6 Å². The highest BCUT2D eigenvalue weighted by atomic mass is 35.5. The van der Waals surface area contributed by atoms with Gasteiger partial charge in [-0.05, 0) is 37.1 Å². The van der Waals surface area contributed by atoms with Crippen LogP contribution in [-0.4, -0.2) is 21.8 Å². The number of rotatable bonds is 5. The highest BCUT2D eigenvalue weighted by Crippen LogP contribution is 2.31. The molecule has 3 N–H and O–H groups in total. The largest absolute Gasteiger partial charge is 0.325 e. The molecule has 7 nitrogen and oxygen atoms in total. The molecule has 0 aliphatic carbocycles. The summed E-state index contributed by atoms with van der Waals surface area (Å²) in [5, 5.41) is 6.27. The van der Waals surface area contributed by atoms with Crippen LogP contribution in [0, 0.1) is 13.8 Å². The first kappa shape index (κ1) is 22.1. The number of hydrogen-bond donors (Lipinski definition) is 3. The number of aryl methyl sites for hydroxylation is 2. The van der Waals surface area contributed by atoms with Crippen molar-refractivity contribution in [2.24, 2.45) is 0 Å². The number of carbonyl (C=O) groups is 2. The van der Waals surface area contributed by atoms with E-state index in [9.17, 15) is 14.4 Å². The van der Waals surface area contributed by atoms with Gasteiger partial charge in [0.05, 0.1) is 11.5 Å². The molecule has 0 unspecified atom stereocenters. The molecule has 2 heterocycles. The summed E-state index contributed by atoms with van der Waals surface area (Å²) in [7, 11) is 0. The lowest BCUT2D eigenvalue weighted by Crippen LogP contribution is -2.36. The Morgan fingerprint density at radius 3 is 2.69 bits per heavy atom. The molecule has 2 aromatic carbocycles. The lowest BCUT2D eigenvalue weighted by atomic mass is 9.92. The predicted molar refractivity (Wildman–Crippen MR) is 126 cm³/mol. The minimum absolute atomic E-state index is 0.124. The minimum atomic E-state index is -0.954. The number of anilines is 2. The molecule has 9 heteroatoms. The molecule has 2 amide bonds. The van der Waals surface area contributed by atoms with E-state index < -0.39 is 17.4 Å². The van der Waals surface area contributed by atoms with E-state index in [1.54, 1.807) is 18.2 Å². The maximum Gasteiger partial charge on any atom is 0.257 e. The Morgan fingerprint density at radius 1 is 1.19 bits per heavy atom. The summed E-state index contributed by atoms with van der Waals surface area (Å²) in [6.45, 7) is 3.85. The van der Waals surface area contributed by atoms with Crippen LogP contribution in [0.15, 0.2) is 52.4 Å². The van der Waals surface area contributed by atoms with Crippen LogP contribution in [0.4, 0.5) is 11.5 Å². The fourth-order valence-corrected chi connectivity index (χ4v) is 4.42. The van der Waals surface area contributed by atoms with Crippen LogP contribution < -0.4 is 16.2 Å². The van der Waals surface area contributed by atoms with Gasteiger partial charge in [-0.15, -0.1) is 0 Å². The first-order valence-corrected chi connectivity index (χ1v) is 11.4. The van der Waals surface area contributed by atoms with Crippen LogP contribution in [0.5, 0.6) is 0 Å². The Kier molecular flexibility index (Phi) is 6.34. The number of hydrogen-bond acceptors (Lipinski definition) is 5. The summed E-state index contributed by atoms with van der Waals surface area (Å²) in [5.74, 6) is -1.05. The summed E-state index contributed by atoms with van der Waals surface area (Å²) in [6.07, 6.45) is -0.140. The topological polar surface area (TPSA) is 104 Å². The van der Waals surface area contributed by atoms with Crippen molar-refractivity contribution in [3.8, 4) is 0 Å². The van der Waals surface area contributed by atoms with Gasteiger partial charge in [0.2, 0.25) is 11.8 Å².